The van der Waals surface area contributed by atoms with Crippen LogP contribution in [0.4, 0.5) is 0 Å². The van der Waals surface area contributed by atoms with E-state index in [0.29, 0.717) is 0 Å². The fourth-order valence-corrected chi connectivity index (χ4v) is 0.904. The number of aromatic amines is 1. The molecule has 1 heterocycles. The van der Waals surface area contributed by atoms with Crippen molar-refractivity contribution < 1.29 is 0 Å². The van der Waals surface area contributed by atoms with Crippen LogP contribution in [-0.2, 0) is 6.54 Å². The van der Waals surface area contributed by atoms with Crippen molar-refractivity contribution in [3.63, 3.8) is 0 Å². The summed E-state index contributed by atoms with van der Waals surface area (Å²) < 4.78 is 0. The molecule has 68 valence electrons. The maximum Gasteiger partial charge on any atom is 0.120 e. The van der Waals surface area contributed by atoms with Crippen LogP contribution >= 0.6 is 0 Å². The monoisotopic (exact) mass is 168 g/mol. The highest BCUT2D eigenvalue weighted by Crippen LogP contribution is 1.85. The number of hydrogen-bond donors (Lipinski definition) is 2. The van der Waals surface area contributed by atoms with Crippen LogP contribution in [0.15, 0.2) is 12.4 Å². The molecule has 0 atom stereocenters. The Labute approximate surface area is 73.0 Å². The van der Waals surface area contributed by atoms with E-state index in [1.807, 2.05) is 6.20 Å². The Hall–Kier alpha value is -0.870. The molecule has 0 saturated carbocycles. The summed E-state index contributed by atoms with van der Waals surface area (Å²) in [7, 11) is 4.13. The smallest absolute Gasteiger partial charge is 0.120 e. The van der Waals surface area contributed by atoms with Crippen molar-refractivity contribution in [3.05, 3.63) is 18.2 Å². The Morgan fingerprint density at radius 2 is 2.42 bits per heavy atom. The van der Waals surface area contributed by atoms with Crippen LogP contribution in [0.3, 0.4) is 0 Å². The Bertz CT molecular complexity index is 193. The molecule has 4 nitrogen and oxygen atoms in total. The number of likely N-dealkylation sites (N-methyl/N-ethyl adjacent to an activating group) is 1. The predicted octanol–water partition coefficient (Wildman–Crippen LogP) is 0.0609. The third-order valence-corrected chi connectivity index (χ3v) is 1.58. The van der Waals surface area contributed by atoms with Gasteiger partial charge in [0.2, 0.25) is 0 Å². The Morgan fingerprint density at radius 3 is 3.00 bits per heavy atom. The van der Waals surface area contributed by atoms with Crippen molar-refractivity contribution in [1.29, 1.82) is 0 Å². The molecule has 0 aliphatic heterocycles. The van der Waals surface area contributed by atoms with Gasteiger partial charge in [0.15, 0.2) is 0 Å². The van der Waals surface area contributed by atoms with Crippen LogP contribution in [0.2, 0.25) is 0 Å². The van der Waals surface area contributed by atoms with Crippen molar-refractivity contribution in [1.82, 2.24) is 20.2 Å². The number of nitrogens with zero attached hydrogens (tertiary/aromatic N) is 2. The van der Waals surface area contributed by atoms with E-state index >= 15 is 0 Å². The first-order valence-electron chi connectivity index (χ1n) is 4.13. The zero-order valence-corrected chi connectivity index (χ0v) is 7.67. The highest BCUT2D eigenvalue weighted by Gasteiger charge is 1.93. The van der Waals surface area contributed by atoms with E-state index in [1.54, 1.807) is 6.20 Å². The topological polar surface area (TPSA) is 44.0 Å². The second-order valence-electron chi connectivity index (χ2n) is 3.02. The molecule has 0 spiro atoms. The lowest BCUT2D eigenvalue weighted by Gasteiger charge is -2.09. The average Bonchev–Trinajstić information content (AvgIpc) is 2.49. The third kappa shape index (κ3) is 3.50. The summed E-state index contributed by atoms with van der Waals surface area (Å²) in [6.45, 7) is 2.87. The first kappa shape index (κ1) is 9.22. The summed E-state index contributed by atoms with van der Waals surface area (Å²) in [4.78, 5) is 9.29. The minimum absolute atomic E-state index is 0.820. The lowest BCUT2D eigenvalue weighted by Crippen LogP contribution is -2.26. The average molecular weight is 168 g/mol. The maximum absolute atomic E-state index is 4.10. The summed E-state index contributed by atoms with van der Waals surface area (Å²) >= 11 is 0. The highest BCUT2D eigenvalue weighted by molar-refractivity contribution is 4.85. The number of aromatic nitrogens is 2. The van der Waals surface area contributed by atoms with Crippen LogP contribution in [-0.4, -0.2) is 42.1 Å². The van der Waals surface area contributed by atoms with Crippen LogP contribution in [0.1, 0.15) is 5.82 Å². The minimum Gasteiger partial charge on any atom is -0.348 e. The second kappa shape index (κ2) is 4.90. The van der Waals surface area contributed by atoms with E-state index < -0.39 is 0 Å². The zero-order valence-electron chi connectivity index (χ0n) is 7.67. The SMILES string of the molecule is CN(C)CCNCc1ncc[nH]1. The molecular formula is C8H16N4. The van der Waals surface area contributed by atoms with Crippen LogP contribution in [0.5, 0.6) is 0 Å². The normalized spacial score (nSPS) is 10.9. The largest absolute Gasteiger partial charge is 0.348 e. The quantitative estimate of drug-likeness (QED) is 0.611. The number of rotatable bonds is 5. The van der Waals surface area contributed by atoms with Crippen molar-refractivity contribution in [3.8, 4) is 0 Å². The second-order valence-corrected chi connectivity index (χ2v) is 3.02. The summed E-state index contributed by atoms with van der Waals surface area (Å²) in [6, 6.07) is 0. The van der Waals surface area contributed by atoms with Crippen molar-refractivity contribution >= 4 is 0 Å². The third-order valence-electron chi connectivity index (χ3n) is 1.58. The molecule has 0 aromatic carbocycles. The van der Waals surface area contributed by atoms with E-state index in [0.717, 1.165) is 25.5 Å². The molecule has 0 amide bonds. The molecular weight excluding hydrogens is 152 g/mol. The van der Waals surface area contributed by atoms with Crippen LogP contribution in [0.25, 0.3) is 0 Å². The molecule has 2 N–H and O–H groups in total. The molecule has 4 heteroatoms. The van der Waals surface area contributed by atoms with E-state index in [1.165, 1.54) is 0 Å². The zero-order chi connectivity index (χ0) is 8.81. The van der Waals surface area contributed by atoms with E-state index in [4.69, 9.17) is 0 Å². The van der Waals surface area contributed by atoms with Gasteiger partial charge in [-0.05, 0) is 14.1 Å². The Balaban J connectivity index is 2.04. The van der Waals surface area contributed by atoms with Gasteiger partial charge in [-0.1, -0.05) is 0 Å². The molecule has 1 aromatic rings. The van der Waals surface area contributed by atoms with Crippen molar-refractivity contribution in [2.45, 2.75) is 6.54 Å². The van der Waals surface area contributed by atoms with Gasteiger partial charge in [-0.2, -0.15) is 0 Å². The van der Waals surface area contributed by atoms with Gasteiger partial charge in [-0.3, -0.25) is 0 Å². The maximum atomic E-state index is 4.10. The van der Waals surface area contributed by atoms with Gasteiger partial charge in [0.1, 0.15) is 5.82 Å². The molecule has 0 aliphatic carbocycles. The molecule has 12 heavy (non-hydrogen) atoms. The number of nitrogens with one attached hydrogen (secondary N) is 2. The Morgan fingerprint density at radius 1 is 1.58 bits per heavy atom. The standard InChI is InChI=1S/C8H16N4/c1-12(2)6-5-9-7-8-10-3-4-11-8/h3-4,9H,5-7H2,1-2H3,(H,10,11). The highest BCUT2D eigenvalue weighted by atomic mass is 15.1. The molecule has 1 rings (SSSR count). The van der Waals surface area contributed by atoms with E-state index in [9.17, 15) is 0 Å². The van der Waals surface area contributed by atoms with Crippen molar-refractivity contribution in [2.75, 3.05) is 27.2 Å². The fraction of sp³-hybridized carbons (Fsp3) is 0.625. The molecule has 0 bridgehead atoms. The summed E-state index contributed by atoms with van der Waals surface area (Å²) in [6.07, 6.45) is 3.60. The number of hydrogen-bond acceptors (Lipinski definition) is 3. The number of imidazole rings is 1. The van der Waals surface area contributed by atoms with Gasteiger partial charge in [0, 0.05) is 25.5 Å². The lowest BCUT2D eigenvalue weighted by atomic mass is 10.5. The van der Waals surface area contributed by atoms with E-state index in [2.05, 4.69) is 34.3 Å². The molecule has 0 unspecified atom stereocenters. The van der Waals surface area contributed by atoms with Gasteiger partial charge < -0.3 is 15.2 Å². The van der Waals surface area contributed by atoms with Crippen molar-refractivity contribution in [2.24, 2.45) is 0 Å². The van der Waals surface area contributed by atoms with Gasteiger partial charge in [0.05, 0.1) is 6.54 Å². The van der Waals surface area contributed by atoms with Gasteiger partial charge in [-0.15, -0.1) is 0 Å². The first-order valence-corrected chi connectivity index (χ1v) is 4.13. The molecule has 0 radical (unpaired) electrons. The molecule has 0 fully saturated rings. The first-order chi connectivity index (χ1) is 5.79. The number of H-pyrrole nitrogens is 1. The van der Waals surface area contributed by atoms with Gasteiger partial charge in [0.25, 0.3) is 0 Å². The molecule has 0 aliphatic rings. The fourth-order valence-electron chi connectivity index (χ4n) is 0.904. The van der Waals surface area contributed by atoms with E-state index in [-0.39, 0.29) is 0 Å². The molecule has 0 saturated heterocycles. The minimum atomic E-state index is 0.820. The molecule has 1 aromatic heterocycles. The van der Waals surface area contributed by atoms with Gasteiger partial charge >= 0.3 is 0 Å². The summed E-state index contributed by atoms with van der Waals surface area (Å²) in [5.41, 5.74) is 0. The Kier molecular flexibility index (Phi) is 3.76. The summed E-state index contributed by atoms with van der Waals surface area (Å²) in [5.74, 6) is 0.994. The predicted molar refractivity (Wildman–Crippen MR) is 48.8 cm³/mol. The van der Waals surface area contributed by atoms with Gasteiger partial charge in [-0.25, -0.2) is 4.98 Å². The van der Waals surface area contributed by atoms with Crippen LogP contribution < -0.4 is 5.32 Å². The lowest BCUT2D eigenvalue weighted by molar-refractivity contribution is 0.399. The summed E-state index contributed by atoms with van der Waals surface area (Å²) in [5, 5.41) is 3.28. The van der Waals surface area contributed by atoms with Crippen LogP contribution in [0, 0.1) is 0 Å².